The van der Waals surface area contributed by atoms with Crippen molar-refractivity contribution in [1.29, 1.82) is 0 Å². The molecule has 0 saturated heterocycles. The van der Waals surface area contributed by atoms with Crippen LogP contribution >= 0.6 is 0 Å². The smallest absolute Gasteiger partial charge is 0.220 e. The van der Waals surface area contributed by atoms with Crippen molar-refractivity contribution in [2.75, 3.05) is 32.8 Å². The van der Waals surface area contributed by atoms with E-state index in [0.717, 1.165) is 19.4 Å². The molecule has 1 atom stereocenters. The zero-order valence-corrected chi connectivity index (χ0v) is 20.9. The number of likely N-dealkylation sites (N-methyl/N-ethyl adjacent to an activating group) is 1. The molecule has 0 aromatic heterocycles. The van der Waals surface area contributed by atoms with E-state index in [0.29, 0.717) is 30.6 Å². The second-order valence-corrected chi connectivity index (χ2v) is 8.76. The Morgan fingerprint density at radius 3 is 1.60 bits per heavy atom. The van der Waals surface area contributed by atoms with Crippen molar-refractivity contribution in [3.8, 4) is 0 Å². The van der Waals surface area contributed by atoms with E-state index in [1.807, 2.05) is 6.92 Å². The molecule has 0 aromatic carbocycles. The number of nitrogens with zero attached hydrogens (tertiary/aromatic N) is 1. The van der Waals surface area contributed by atoms with Crippen LogP contribution in [0.15, 0.2) is 0 Å². The molecule has 5 nitrogen and oxygen atoms in total. The van der Waals surface area contributed by atoms with Gasteiger partial charge in [0.1, 0.15) is 13.1 Å². The van der Waals surface area contributed by atoms with Crippen LogP contribution in [0.1, 0.15) is 117 Å². The highest BCUT2D eigenvalue weighted by Gasteiger charge is 2.19. The Kier molecular flexibility index (Phi) is 24.7. The molecular weight excluding hydrogens is 398 g/mol. The summed E-state index contributed by atoms with van der Waals surface area (Å²) < 4.78 is 0.315. The Balaban J connectivity index is 0. The molecule has 0 fully saturated rings. The van der Waals surface area contributed by atoms with Crippen LogP contribution in [-0.2, 0) is 4.79 Å². The monoisotopic (exact) mass is 449 g/mol. The van der Waals surface area contributed by atoms with Crippen molar-refractivity contribution in [2.24, 2.45) is 5.84 Å². The van der Waals surface area contributed by atoms with E-state index in [-0.39, 0.29) is 24.9 Å². The summed E-state index contributed by atoms with van der Waals surface area (Å²) in [4.78, 5) is 11.9. The maximum absolute atomic E-state index is 11.9. The van der Waals surface area contributed by atoms with Crippen LogP contribution in [0.4, 0.5) is 0 Å². The van der Waals surface area contributed by atoms with Gasteiger partial charge in [0, 0.05) is 6.42 Å². The van der Waals surface area contributed by atoms with Gasteiger partial charge in [0.2, 0.25) is 5.91 Å². The van der Waals surface area contributed by atoms with E-state index in [2.05, 4.69) is 12.2 Å². The third-order valence-corrected chi connectivity index (χ3v) is 6.06. The number of hydrogen-bond acceptors (Lipinski definition) is 3. The first-order valence-electron chi connectivity index (χ1n) is 12.6. The third-order valence-electron chi connectivity index (χ3n) is 6.06. The molecule has 4 N–H and O–H groups in total. The van der Waals surface area contributed by atoms with Gasteiger partial charge in [-0.2, -0.15) is 5.84 Å². The molecular formula is C24H52ClN3O2. The molecule has 0 spiro atoms. The minimum atomic E-state index is 0. The van der Waals surface area contributed by atoms with Crippen LogP contribution in [0.5, 0.6) is 0 Å². The number of quaternary nitrogens is 1. The predicted octanol–water partition coefficient (Wildman–Crippen LogP) is 2.07. The van der Waals surface area contributed by atoms with Gasteiger partial charge in [-0.05, 0) is 13.3 Å². The summed E-state index contributed by atoms with van der Waals surface area (Å²) in [7, 11) is 0. The zero-order chi connectivity index (χ0) is 21.6. The number of rotatable bonds is 22. The summed E-state index contributed by atoms with van der Waals surface area (Å²) in [6, 6.07) is 0. The molecule has 0 radical (unpaired) electrons. The van der Waals surface area contributed by atoms with Gasteiger partial charge in [0.15, 0.2) is 0 Å². The lowest BCUT2D eigenvalue weighted by molar-refractivity contribution is -0.937. The molecule has 0 aliphatic heterocycles. The van der Waals surface area contributed by atoms with Gasteiger partial charge in [0.25, 0.3) is 0 Å². The zero-order valence-electron chi connectivity index (χ0n) is 20.1. The van der Waals surface area contributed by atoms with Crippen LogP contribution in [0.2, 0.25) is 0 Å². The lowest BCUT2D eigenvalue weighted by Gasteiger charge is -2.30. The largest absolute Gasteiger partial charge is 1.00 e. The van der Waals surface area contributed by atoms with E-state index in [1.165, 1.54) is 83.5 Å². The van der Waals surface area contributed by atoms with Crippen molar-refractivity contribution in [2.45, 2.75) is 117 Å². The molecule has 0 rings (SSSR count). The summed E-state index contributed by atoms with van der Waals surface area (Å²) >= 11 is 0. The fourth-order valence-electron chi connectivity index (χ4n) is 3.79. The van der Waals surface area contributed by atoms with E-state index in [9.17, 15) is 4.79 Å². The number of amides is 1. The topological polar surface area (TPSA) is 75.4 Å². The highest BCUT2D eigenvalue weighted by Crippen LogP contribution is 2.13. The molecule has 0 bridgehead atoms. The van der Waals surface area contributed by atoms with Gasteiger partial charge < -0.3 is 22.8 Å². The number of aliphatic hydroxyl groups excluding tert-OH is 1. The first kappa shape index (κ1) is 31.8. The van der Waals surface area contributed by atoms with E-state index in [4.69, 9.17) is 10.9 Å². The fraction of sp³-hybridized carbons (Fsp3) is 0.958. The lowest BCUT2D eigenvalue weighted by atomic mass is 10.0. The lowest BCUT2D eigenvalue weighted by Crippen LogP contribution is -3.00. The number of carbonyl (C=O) groups excluding carboxylic acids is 1. The van der Waals surface area contributed by atoms with Crippen molar-refractivity contribution >= 4 is 5.91 Å². The van der Waals surface area contributed by atoms with Gasteiger partial charge in [-0.3, -0.25) is 4.79 Å². The molecule has 182 valence electrons. The number of hydrogen-bond donors (Lipinski definition) is 3. The second-order valence-electron chi connectivity index (χ2n) is 8.76. The van der Waals surface area contributed by atoms with Gasteiger partial charge in [0.05, 0.1) is 19.7 Å². The number of carbonyl (C=O) groups is 1. The quantitative estimate of drug-likeness (QED) is 0.102. The maximum atomic E-state index is 11.9. The summed E-state index contributed by atoms with van der Waals surface area (Å²) in [5, 5.41) is 12.0. The van der Waals surface area contributed by atoms with Crippen LogP contribution in [0.25, 0.3) is 0 Å². The minimum absolute atomic E-state index is 0. The number of unbranched alkanes of at least 4 members (excludes halogenated alkanes) is 14. The summed E-state index contributed by atoms with van der Waals surface area (Å²) in [5.41, 5.74) is 0. The van der Waals surface area contributed by atoms with E-state index in [1.54, 1.807) is 0 Å². The van der Waals surface area contributed by atoms with Crippen molar-refractivity contribution in [3.05, 3.63) is 0 Å². The van der Waals surface area contributed by atoms with Gasteiger partial charge in [-0.15, -0.1) is 0 Å². The maximum Gasteiger partial charge on any atom is 0.220 e. The van der Waals surface area contributed by atoms with E-state index >= 15 is 0 Å². The average molecular weight is 450 g/mol. The standard InChI is InChI=1S/C24H51N3O2.ClH/c1-3-5-6-7-8-9-10-11-12-13-14-15-16-17-18-19-24(29)26-20-21-27(25,4-2)22-23-28;/h28H,3-23,25H2,1-2H3;1H. The van der Waals surface area contributed by atoms with Gasteiger partial charge in [-0.1, -0.05) is 96.8 Å². The molecule has 1 unspecified atom stereocenters. The Labute approximate surface area is 193 Å². The Hall–Kier alpha value is -0.360. The van der Waals surface area contributed by atoms with Crippen LogP contribution in [0, 0.1) is 0 Å². The Bertz CT molecular complexity index is 372. The van der Waals surface area contributed by atoms with Crippen molar-refractivity contribution in [3.63, 3.8) is 0 Å². The second kappa shape index (κ2) is 23.3. The fourth-order valence-corrected chi connectivity index (χ4v) is 3.79. The highest BCUT2D eigenvalue weighted by atomic mass is 35.5. The SMILES string of the molecule is CCCCCCCCCCCCCCCCCC(=O)NCC[N+](N)(CC)CCO.[Cl-]. The third kappa shape index (κ3) is 20.9. The summed E-state index contributed by atoms with van der Waals surface area (Å²) in [6.07, 6.45) is 20.7. The number of nitrogens with two attached hydrogens (primary N) is 1. The van der Waals surface area contributed by atoms with Gasteiger partial charge >= 0.3 is 0 Å². The molecule has 0 heterocycles. The van der Waals surface area contributed by atoms with Crippen LogP contribution < -0.4 is 23.6 Å². The first-order chi connectivity index (χ1) is 14.1. The summed E-state index contributed by atoms with van der Waals surface area (Å²) in [5.74, 6) is 6.29. The number of nitrogens with one attached hydrogen (secondary N) is 1. The van der Waals surface area contributed by atoms with E-state index < -0.39 is 0 Å². The van der Waals surface area contributed by atoms with Crippen molar-refractivity contribution in [1.82, 2.24) is 5.32 Å². The number of aliphatic hydroxyl groups is 1. The molecule has 30 heavy (non-hydrogen) atoms. The molecule has 0 saturated carbocycles. The average Bonchev–Trinajstić information content (AvgIpc) is 2.71. The normalized spacial score (nSPS) is 12.9. The molecule has 1 amide bonds. The molecule has 0 aliphatic carbocycles. The minimum Gasteiger partial charge on any atom is -1.00 e. The number of halogens is 1. The van der Waals surface area contributed by atoms with Crippen LogP contribution in [-0.4, -0.2) is 48.4 Å². The molecule has 0 aromatic rings. The Morgan fingerprint density at radius 2 is 1.20 bits per heavy atom. The summed E-state index contributed by atoms with van der Waals surface area (Å²) in [6.45, 7) is 6.91. The molecule has 6 heteroatoms. The highest BCUT2D eigenvalue weighted by molar-refractivity contribution is 5.75. The van der Waals surface area contributed by atoms with Crippen molar-refractivity contribution < 1.29 is 26.9 Å². The Morgan fingerprint density at radius 1 is 0.767 bits per heavy atom. The van der Waals surface area contributed by atoms with Gasteiger partial charge in [-0.25, -0.2) is 4.59 Å². The first-order valence-corrected chi connectivity index (χ1v) is 12.6. The predicted molar refractivity (Wildman–Crippen MR) is 124 cm³/mol. The van der Waals surface area contributed by atoms with Crippen LogP contribution in [0.3, 0.4) is 0 Å². The molecule has 0 aliphatic rings.